The fraction of sp³-hybridized carbons (Fsp3) is 0.647. The van der Waals surface area contributed by atoms with Gasteiger partial charge in [0.25, 0.3) is 0 Å². The molecule has 2 bridgehead atoms. The second kappa shape index (κ2) is 4.92. The lowest BCUT2D eigenvalue weighted by atomic mass is 9.75. The normalized spacial score (nSPS) is 37.7. The predicted molar refractivity (Wildman–Crippen MR) is 78.3 cm³/mol. The molecule has 4 saturated heterocycles. The zero-order chi connectivity index (χ0) is 12.7. The van der Waals surface area contributed by atoms with Gasteiger partial charge in [-0.15, -0.1) is 0 Å². The molecule has 4 aliphatic rings. The molecule has 2 atom stereocenters. The predicted octanol–water partition coefficient (Wildman–Crippen LogP) is 2.92. The van der Waals surface area contributed by atoms with Crippen molar-refractivity contribution in [2.24, 2.45) is 5.92 Å². The highest BCUT2D eigenvalue weighted by molar-refractivity contribution is 5.29. The van der Waals surface area contributed by atoms with Gasteiger partial charge < -0.3 is 10.2 Å². The molecule has 5 rings (SSSR count). The average Bonchev–Trinajstić information content (AvgIpc) is 3.03. The molecule has 0 aliphatic carbocycles. The highest BCUT2D eigenvalue weighted by Crippen LogP contribution is 2.39. The van der Waals surface area contributed by atoms with Gasteiger partial charge in [-0.25, -0.2) is 0 Å². The third-order valence-electron chi connectivity index (χ3n) is 5.48. The van der Waals surface area contributed by atoms with Gasteiger partial charge in [0, 0.05) is 12.6 Å². The van der Waals surface area contributed by atoms with E-state index in [1.807, 2.05) is 0 Å². The van der Waals surface area contributed by atoms with E-state index in [9.17, 15) is 0 Å². The Morgan fingerprint density at radius 1 is 0.947 bits per heavy atom. The fourth-order valence-electron chi connectivity index (χ4n) is 4.29. The standard InChI is InChI=1S/C17H24N2/c1-2-17(18-9-1)15-5-3-13(4-6-15)16-12-19-10-7-14(16)8-11-19/h3-6,14,16-18H,1-2,7-12H2. The van der Waals surface area contributed by atoms with E-state index in [4.69, 9.17) is 0 Å². The molecule has 102 valence electrons. The molecule has 0 radical (unpaired) electrons. The molecule has 4 aliphatic heterocycles. The molecule has 4 fully saturated rings. The van der Waals surface area contributed by atoms with Crippen LogP contribution in [0.1, 0.15) is 48.8 Å². The van der Waals surface area contributed by atoms with Gasteiger partial charge in [-0.1, -0.05) is 24.3 Å². The number of rotatable bonds is 2. The lowest BCUT2D eigenvalue weighted by Gasteiger charge is -2.45. The maximum absolute atomic E-state index is 3.59. The van der Waals surface area contributed by atoms with Crippen LogP contribution < -0.4 is 5.32 Å². The van der Waals surface area contributed by atoms with E-state index in [0.29, 0.717) is 6.04 Å². The zero-order valence-corrected chi connectivity index (χ0v) is 11.6. The van der Waals surface area contributed by atoms with E-state index in [2.05, 4.69) is 34.5 Å². The summed E-state index contributed by atoms with van der Waals surface area (Å²) in [6.07, 6.45) is 5.46. The third-order valence-corrected chi connectivity index (χ3v) is 5.48. The first-order valence-corrected chi connectivity index (χ1v) is 7.96. The van der Waals surface area contributed by atoms with Gasteiger partial charge in [0.1, 0.15) is 0 Å². The van der Waals surface area contributed by atoms with Crippen LogP contribution in [0.25, 0.3) is 0 Å². The molecule has 2 nitrogen and oxygen atoms in total. The van der Waals surface area contributed by atoms with Crippen molar-refractivity contribution in [3.05, 3.63) is 35.4 Å². The van der Waals surface area contributed by atoms with Crippen LogP contribution in [0.15, 0.2) is 24.3 Å². The van der Waals surface area contributed by atoms with Gasteiger partial charge in [-0.2, -0.15) is 0 Å². The van der Waals surface area contributed by atoms with E-state index in [1.54, 1.807) is 5.56 Å². The summed E-state index contributed by atoms with van der Waals surface area (Å²) in [5.41, 5.74) is 3.07. The van der Waals surface area contributed by atoms with Crippen molar-refractivity contribution in [2.75, 3.05) is 26.2 Å². The number of hydrogen-bond acceptors (Lipinski definition) is 2. The Bertz CT molecular complexity index is 425. The second-order valence-electron chi connectivity index (χ2n) is 6.56. The van der Waals surface area contributed by atoms with Gasteiger partial charge in [-0.3, -0.25) is 0 Å². The summed E-state index contributed by atoms with van der Waals surface area (Å²) in [5, 5.41) is 3.59. The van der Waals surface area contributed by atoms with Gasteiger partial charge in [0.2, 0.25) is 0 Å². The van der Waals surface area contributed by atoms with E-state index in [1.165, 1.54) is 57.4 Å². The van der Waals surface area contributed by atoms with Crippen molar-refractivity contribution >= 4 is 0 Å². The molecule has 2 unspecified atom stereocenters. The number of nitrogens with one attached hydrogen (secondary N) is 1. The van der Waals surface area contributed by atoms with Gasteiger partial charge in [0.05, 0.1) is 0 Å². The molecular formula is C17H24N2. The minimum Gasteiger partial charge on any atom is -0.310 e. The largest absolute Gasteiger partial charge is 0.310 e. The van der Waals surface area contributed by atoms with Gasteiger partial charge in [-0.05, 0) is 68.3 Å². The topological polar surface area (TPSA) is 15.3 Å². The smallest absolute Gasteiger partial charge is 0.0320 e. The van der Waals surface area contributed by atoms with Gasteiger partial charge in [0.15, 0.2) is 0 Å². The second-order valence-corrected chi connectivity index (χ2v) is 6.56. The Morgan fingerprint density at radius 2 is 1.68 bits per heavy atom. The Kier molecular flexibility index (Phi) is 3.08. The van der Waals surface area contributed by atoms with Crippen molar-refractivity contribution in [1.82, 2.24) is 10.2 Å². The first-order valence-electron chi connectivity index (χ1n) is 7.96. The minimum absolute atomic E-state index is 0.612. The lowest BCUT2D eigenvalue weighted by Crippen LogP contribution is -2.46. The Hall–Kier alpha value is -0.860. The first-order chi connectivity index (χ1) is 9.40. The van der Waals surface area contributed by atoms with Crippen LogP contribution in [0, 0.1) is 5.92 Å². The minimum atomic E-state index is 0.612. The zero-order valence-electron chi connectivity index (χ0n) is 11.6. The van der Waals surface area contributed by atoms with Gasteiger partial charge >= 0.3 is 0 Å². The summed E-state index contributed by atoms with van der Waals surface area (Å²) >= 11 is 0. The molecule has 0 saturated carbocycles. The summed E-state index contributed by atoms with van der Waals surface area (Å²) in [6.45, 7) is 5.16. The molecule has 0 amide bonds. The van der Waals surface area contributed by atoms with Crippen LogP contribution in [-0.2, 0) is 0 Å². The Balaban J connectivity index is 1.52. The summed E-state index contributed by atoms with van der Waals surface area (Å²) in [4.78, 5) is 2.65. The van der Waals surface area contributed by atoms with Crippen LogP contribution in [0.3, 0.4) is 0 Å². The number of nitrogens with zero attached hydrogens (tertiary/aromatic N) is 1. The monoisotopic (exact) mass is 256 g/mol. The quantitative estimate of drug-likeness (QED) is 0.875. The van der Waals surface area contributed by atoms with Crippen molar-refractivity contribution in [2.45, 2.75) is 37.6 Å². The molecule has 2 heteroatoms. The Morgan fingerprint density at radius 3 is 2.26 bits per heavy atom. The van der Waals surface area contributed by atoms with Crippen LogP contribution in [-0.4, -0.2) is 31.1 Å². The Labute approximate surface area is 116 Å². The van der Waals surface area contributed by atoms with Crippen LogP contribution in [0.2, 0.25) is 0 Å². The molecule has 1 aromatic carbocycles. The van der Waals surface area contributed by atoms with Crippen molar-refractivity contribution < 1.29 is 0 Å². The number of piperidine rings is 3. The molecule has 0 spiro atoms. The van der Waals surface area contributed by atoms with Crippen molar-refractivity contribution in [3.8, 4) is 0 Å². The molecule has 0 aromatic heterocycles. The molecule has 1 aromatic rings. The fourth-order valence-corrected chi connectivity index (χ4v) is 4.29. The number of benzene rings is 1. The molecule has 19 heavy (non-hydrogen) atoms. The third kappa shape index (κ3) is 2.21. The summed E-state index contributed by atoms with van der Waals surface area (Å²) in [7, 11) is 0. The highest BCUT2D eigenvalue weighted by atomic mass is 15.1. The molecule has 4 heterocycles. The molecular weight excluding hydrogens is 232 g/mol. The average molecular weight is 256 g/mol. The van der Waals surface area contributed by atoms with E-state index in [-0.39, 0.29) is 0 Å². The maximum Gasteiger partial charge on any atom is 0.0320 e. The van der Waals surface area contributed by atoms with Crippen molar-refractivity contribution in [3.63, 3.8) is 0 Å². The van der Waals surface area contributed by atoms with Crippen LogP contribution >= 0.6 is 0 Å². The van der Waals surface area contributed by atoms with Crippen LogP contribution in [0.4, 0.5) is 0 Å². The summed E-state index contributed by atoms with van der Waals surface area (Å²) < 4.78 is 0. The summed E-state index contributed by atoms with van der Waals surface area (Å²) in [5.74, 6) is 1.74. The first kappa shape index (κ1) is 11.9. The highest BCUT2D eigenvalue weighted by Gasteiger charge is 2.34. The maximum atomic E-state index is 3.59. The van der Waals surface area contributed by atoms with Crippen molar-refractivity contribution in [1.29, 1.82) is 0 Å². The SMILES string of the molecule is c1cc(C2CN3CCC2CC3)ccc1C1CCCN1. The molecule has 1 N–H and O–H groups in total. The van der Waals surface area contributed by atoms with E-state index >= 15 is 0 Å². The van der Waals surface area contributed by atoms with E-state index in [0.717, 1.165) is 11.8 Å². The van der Waals surface area contributed by atoms with Crippen LogP contribution in [0.5, 0.6) is 0 Å². The summed E-state index contributed by atoms with van der Waals surface area (Å²) in [6, 6.07) is 10.2. The lowest BCUT2D eigenvalue weighted by molar-refractivity contribution is 0.0871. The number of fused-ring (bicyclic) bond motifs is 3. The number of hydrogen-bond donors (Lipinski definition) is 1. The van der Waals surface area contributed by atoms with E-state index < -0.39 is 0 Å².